The van der Waals surface area contributed by atoms with Crippen LogP contribution in [0, 0.1) is 18.6 Å². The van der Waals surface area contributed by atoms with Crippen LogP contribution in [0.1, 0.15) is 22.7 Å². The first kappa shape index (κ1) is 15.9. The molecule has 0 amide bonds. The smallest absolute Gasteiger partial charge is 0.129 e. The number of hydrogen-bond acceptors (Lipinski definition) is 2. The van der Waals surface area contributed by atoms with E-state index in [4.69, 9.17) is 10.5 Å². The minimum absolute atomic E-state index is 0.262. The van der Waals surface area contributed by atoms with Gasteiger partial charge < -0.3 is 10.5 Å². The molecule has 2 N–H and O–H groups in total. The quantitative estimate of drug-likeness (QED) is 0.887. The molecular weight excluding hydrogens is 340 g/mol. The SMILES string of the molecule is COc1cc(C)c(Br)cc1C(N)Cc1ccc(F)cc1F. The summed E-state index contributed by atoms with van der Waals surface area (Å²) >= 11 is 3.45. The van der Waals surface area contributed by atoms with E-state index < -0.39 is 17.7 Å². The highest BCUT2D eigenvalue weighted by atomic mass is 79.9. The van der Waals surface area contributed by atoms with Gasteiger partial charge in [0.15, 0.2) is 0 Å². The van der Waals surface area contributed by atoms with Gasteiger partial charge in [0.05, 0.1) is 7.11 Å². The van der Waals surface area contributed by atoms with Crippen molar-refractivity contribution in [2.45, 2.75) is 19.4 Å². The molecule has 0 heterocycles. The van der Waals surface area contributed by atoms with Crippen molar-refractivity contribution in [2.75, 3.05) is 7.11 Å². The summed E-state index contributed by atoms with van der Waals surface area (Å²) in [6.07, 6.45) is 0.262. The maximum absolute atomic E-state index is 13.7. The molecule has 1 unspecified atom stereocenters. The van der Waals surface area contributed by atoms with E-state index in [-0.39, 0.29) is 6.42 Å². The van der Waals surface area contributed by atoms with Crippen LogP contribution in [0.2, 0.25) is 0 Å². The first-order valence-corrected chi connectivity index (χ1v) is 7.25. The molecule has 0 aliphatic carbocycles. The van der Waals surface area contributed by atoms with Crippen molar-refractivity contribution in [1.29, 1.82) is 0 Å². The summed E-state index contributed by atoms with van der Waals surface area (Å²) in [7, 11) is 1.57. The van der Waals surface area contributed by atoms with Crippen LogP contribution in [0.25, 0.3) is 0 Å². The number of methoxy groups -OCH3 is 1. The Morgan fingerprint density at radius 2 is 1.95 bits per heavy atom. The van der Waals surface area contributed by atoms with Crippen molar-refractivity contribution in [1.82, 2.24) is 0 Å². The lowest BCUT2D eigenvalue weighted by atomic mass is 9.97. The maximum Gasteiger partial charge on any atom is 0.129 e. The number of benzene rings is 2. The van der Waals surface area contributed by atoms with E-state index >= 15 is 0 Å². The van der Waals surface area contributed by atoms with Crippen molar-refractivity contribution < 1.29 is 13.5 Å². The Morgan fingerprint density at radius 3 is 2.57 bits per heavy atom. The van der Waals surface area contributed by atoms with Gasteiger partial charge in [-0.25, -0.2) is 8.78 Å². The Balaban J connectivity index is 2.31. The molecule has 0 spiro atoms. The van der Waals surface area contributed by atoms with Gasteiger partial charge in [0.1, 0.15) is 17.4 Å². The fourth-order valence-corrected chi connectivity index (χ4v) is 2.53. The molecule has 0 aliphatic heterocycles. The normalized spacial score (nSPS) is 12.3. The van der Waals surface area contributed by atoms with E-state index in [1.807, 2.05) is 19.1 Å². The molecule has 2 aromatic rings. The number of hydrogen-bond donors (Lipinski definition) is 1. The highest BCUT2D eigenvalue weighted by molar-refractivity contribution is 9.10. The first-order valence-electron chi connectivity index (χ1n) is 6.46. The van der Waals surface area contributed by atoms with Gasteiger partial charge in [0.25, 0.3) is 0 Å². The van der Waals surface area contributed by atoms with Crippen LogP contribution in [0.5, 0.6) is 5.75 Å². The fraction of sp³-hybridized carbons (Fsp3) is 0.250. The van der Waals surface area contributed by atoms with Crippen LogP contribution in [0.3, 0.4) is 0 Å². The maximum atomic E-state index is 13.7. The molecule has 21 heavy (non-hydrogen) atoms. The highest BCUT2D eigenvalue weighted by Crippen LogP contribution is 2.32. The van der Waals surface area contributed by atoms with Gasteiger partial charge in [-0.2, -0.15) is 0 Å². The molecule has 2 aromatic carbocycles. The third-order valence-corrected chi connectivity index (χ3v) is 4.22. The largest absolute Gasteiger partial charge is 0.496 e. The zero-order chi connectivity index (χ0) is 15.6. The summed E-state index contributed by atoms with van der Waals surface area (Å²) in [5.74, 6) is -0.526. The lowest BCUT2D eigenvalue weighted by molar-refractivity contribution is 0.404. The van der Waals surface area contributed by atoms with Crippen LogP contribution >= 0.6 is 15.9 Å². The minimum atomic E-state index is -0.597. The van der Waals surface area contributed by atoms with E-state index in [1.165, 1.54) is 12.1 Å². The summed E-state index contributed by atoms with van der Waals surface area (Å²) in [6.45, 7) is 1.95. The van der Waals surface area contributed by atoms with Gasteiger partial charge in [-0.1, -0.05) is 22.0 Å². The van der Waals surface area contributed by atoms with Crippen LogP contribution in [0.4, 0.5) is 8.78 Å². The second kappa shape index (κ2) is 6.54. The van der Waals surface area contributed by atoms with Crippen molar-refractivity contribution in [3.8, 4) is 5.75 Å². The van der Waals surface area contributed by atoms with Crippen molar-refractivity contribution in [3.05, 3.63) is 63.1 Å². The Morgan fingerprint density at radius 1 is 1.24 bits per heavy atom. The van der Waals surface area contributed by atoms with E-state index in [0.29, 0.717) is 11.3 Å². The van der Waals surface area contributed by atoms with Gasteiger partial charge in [-0.15, -0.1) is 0 Å². The standard InChI is InChI=1S/C16H16BrF2NO/c1-9-5-16(21-2)12(8-13(9)17)15(20)6-10-3-4-11(18)7-14(10)19/h3-5,7-8,15H,6,20H2,1-2H3. The zero-order valence-corrected chi connectivity index (χ0v) is 13.4. The van der Waals surface area contributed by atoms with E-state index in [1.54, 1.807) is 7.11 Å². The highest BCUT2D eigenvalue weighted by Gasteiger charge is 2.16. The molecular formula is C16H16BrF2NO. The molecule has 0 bridgehead atoms. The second-order valence-electron chi connectivity index (χ2n) is 4.89. The van der Waals surface area contributed by atoms with Gasteiger partial charge in [0.2, 0.25) is 0 Å². The topological polar surface area (TPSA) is 35.2 Å². The Labute approximate surface area is 131 Å². The van der Waals surface area contributed by atoms with Gasteiger partial charge in [-0.3, -0.25) is 0 Å². The predicted molar refractivity (Wildman–Crippen MR) is 82.4 cm³/mol. The molecule has 0 fully saturated rings. The molecule has 0 aliphatic rings. The van der Waals surface area contributed by atoms with Crippen LogP contribution in [0.15, 0.2) is 34.8 Å². The molecule has 0 radical (unpaired) electrons. The summed E-state index contributed by atoms with van der Waals surface area (Å²) in [4.78, 5) is 0. The van der Waals surface area contributed by atoms with Gasteiger partial charge in [-0.05, 0) is 42.7 Å². The third kappa shape index (κ3) is 3.60. The van der Waals surface area contributed by atoms with Gasteiger partial charge in [0, 0.05) is 22.1 Å². The van der Waals surface area contributed by atoms with Crippen molar-refractivity contribution in [3.63, 3.8) is 0 Å². The minimum Gasteiger partial charge on any atom is -0.496 e. The van der Waals surface area contributed by atoms with E-state index in [0.717, 1.165) is 21.7 Å². The number of nitrogens with two attached hydrogens (primary N) is 1. The Kier molecular flexibility index (Phi) is 4.96. The lowest BCUT2D eigenvalue weighted by Gasteiger charge is -2.17. The number of halogens is 3. The number of rotatable bonds is 4. The molecule has 0 saturated carbocycles. The van der Waals surface area contributed by atoms with Crippen molar-refractivity contribution in [2.24, 2.45) is 5.73 Å². The molecule has 2 nitrogen and oxygen atoms in total. The van der Waals surface area contributed by atoms with Crippen LogP contribution < -0.4 is 10.5 Å². The average Bonchev–Trinajstić information content (AvgIpc) is 2.44. The molecule has 1 atom stereocenters. The summed E-state index contributed by atoms with van der Waals surface area (Å²) in [5, 5.41) is 0. The summed E-state index contributed by atoms with van der Waals surface area (Å²) < 4.78 is 32.9. The molecule has 0 aromatic heterocycles. The monoisotopic (exact) mass is 355 g/mol. The van der Waals surface area contributed by atoms with E-state index in [2.05, 4.69) is 15.9 Å². The summed E-state index contributed by atoms with van der Waals surface area (Å²) in [5.41, 5.74) is 8.35. The Hall–Kier alpha value is -1.46. The fourth-order valence-electron chi connectivity index (χ4n) is 2.17. The van der Waals surface area contributed by atoms with Crippen molar-refractivity contribution >= 4 is 15.9 Å². The van der Waals surface area contributed by atoms with E-state index in [9.17, 15) is 8.78 Å². The predicted octanol–water partition coefficient (Wildman–Crippen LogP) is 4.29. The third-order valence-electron chi connectivity index (χ3n) is 3.37. The number of ether oxygens (including phenoxy) is 1. The van der Waals surface area contributed by atoms with Crippen LogP contribution in [-0.4, -0.2) is 7.11 Å². The number of aryl methyl sites for hydroxylation is 1. The molecule has 2 rings (SSSR count). The van der Waals surface area contributed by atoms with Crippen LogP contribution in [-0.2, 0) is 6.42 Å². The molecule has 112 valence electrons. The average molecular weight is 356 g/mol. The Bertz CT molecular complexity index is 661. The second-order valence-corrected chi connectivity index (χ2v) is 5.74. The van der Waals surface area contributed by atoms with Gasteiger partial charge >= 0.3 is 0 Å². The summed E-state index contributed by atoms with van der Waals surface area (Å²) in [6, 6.07) is 6.82. The first-order chi connectivity index (χ1) is 9.92. The molecule has 5 heteroatoms. The lowest BCUT2D eigenvalue weighted by Crippen LogP contribution is -2.15. The molecule has 0 saturated heterocycles. The zero-order valence-electron chi connectivity index (χ0n) is 11.8.